The highest BCUT2D eigenvalue weighted by atomic mass is 15.3. The second kappa shape index (κ2) is 6.04. The van der Waals surface area contributed by atoms with Crippen molar-refractivity contribution in [3.05, 3.63) is 17.5 Å². The van der Waals surface area contributed by atoms with Crippen molar-refractivity contribution < 1.29 is 0 Å². The molecule has 3 heteroatoms. The Hall–Kier alpha value is -0.830. The number of nitrogens with one attached hydrogen (secondary N) is 1. The normalized spacial score (nSPS) is 11.7. The van der Waals surface area contributed by atoms with Crippen LogP contribution in [0.5, 0.6) is 0 Å². The van der Waals surface area contributed by atoms with Crippen molar-refractivity contribution in [1.82, 2.24) is 15.1 Å². The van der Waals surface area contributed by atoms with E-state index in [-0.39, 0.29) is 0 Å². The average molecular weight is 223 g/mol. The Morgan fingerprint density at radius 2 is 1.94 bits per heavy atom. The lowest BCUT2D eigenvalue weighted by Gasteiger charge is -2.09. The minimum Gasteiger partial charge on any atom is -0.312 e. The SMILES string of the molecule is Cc1c(CNCC(C)C)cnn1CC(C)C. The zero-order chi connectivity index (χ0) is 12.1. The van der Waals surface area contributed by atoms with Gasteiger partial charge in [0.1, 0.15) is 0 Å². The van der Waals surface area contributed by atoms with Gasteiger partial charge >= 0.3 is 0 Å². The molecule has 0 radical (unpaired) electrons. The molecule has 1 aromatic heterocycles. The van der Waals surface area contributed by atoms with Gasteiger partial charge < -0.3 is 5.32 Å². The van der Waals surface area contributed by atoms with Gasteiger partial charge in [0.25, 0.3) is 0 Å². The van der Waals surface area contributed by atoms with Gasteiger partial charge in [-0.1, -0.05) is 27.7 Å². The molecule has 1 rings (SSSR count). The summed E-state index contributed by atoms with van der Waals surface area (Å²) in [6, 6.07) is 0. The molecule has 0 aliphatic rings. The summed E-state index contributed by atoms with van der Waals surface area (Å²) in [4.78, 5) is 0. The molecule has 0 spiro atoms. The van der Waals surface area contributed by atoms with Crippen LogP contribution >= 0.6 is 0 Å². The van der Waals surface area contributed by atoms with Crippen molar-refractivity contribution in [2.24, 2.45) is 11.8 Å². The van der Waals surface area contributed by atoms with Crippen LogP contribution in [0.1, 0.15) is 39.0 Å². The largest absolute Gasteiger partial charge is 0.312 e. The minimum atomic E-state index is 0.648. The molecule has 16 heavy (non-hydrogen) atoms. The van der Waals surface area contributed by atoms with Crippen molar-refractivity contribution >= 4 is 0 Å². The van der Waals surface area contributed by atoms with Gasteiger partial charge in [-0.2, -0.15) is 5.10 Å². The number of hydrogen-bond acceptors (Lipinski definition) is 2. The molecule has 0 atom stereocenters. The van der Waals surface area contributed by atoms with Crippen LogP contribution in [-0.4, -0.2) is 16.3 Å². The van der Waals surface area contributed by atoms with Gasteiger partial charge in [0.15, 0.2) is 0 Å². The average Bonchev–Trinajstić information content (AvgIpc) is 2.48. The molecular formula is C13H25N3. The number of aromatic nitrogens is 2. The Morgan fingerprint density at radius 1 is 1.25 bits per heavy atom. The van der Waals surface area contributed by atoms with E-state index in [1.807, 2.05) is 6.20 Å². The van der Waals surface area contributed by atoms with Gasteiger partial charge in [0.05, 0.1) is 6.20 Å². The van der Waals surface area contributed by atoms with Crippen molar-refractivity contribution in [2.75, 3.05) is 6.54 Å². The molecule has 0 amide bonds. The van der Waals surface area contributed by atoms with Gasteiger partial charge in [-0.15, -0.1) is 0 Å². The second-order valence-corrected chi connectivity index (χ2v) is 5.36. The summed E-state index contributed by atoms with van der Waals surface area (Å²) in [6.07, 6.45) is 1.99. The predicted octanol–water partition coefficient (Wildman–Crippen LogP) is 2.59. The van der Waals surface area contributed by atoms with Crippen LogP contribution in [0.3, 0.4) is 0 Å². The lowest BCUT2D eigenvalue weighted by atomic mass is 10.2. The van der Waals surface area contributed by atoms with Crippen molar-refractivity contribution in [3.63, 3.8) is 0 Å². The van der Waals surface area contributed by atoms with Crippen LogP contribution in [0.15, 0.2) is 6.20 Å². The third-order valence-corrected chi connectivity index (χ3v) is 2.61. The molecule has 3 nitrogen and oxygen atoms in total. The third kappa shape index (κ3) is 3.97. The maximum atomic E-state index is 4.43. The topological polar surface area (TPSA) is 29.9 Å². The maximum Gasteiger partial charge on any atom is 0.0537 e. The van der Waals surface area contributed by atoms with E-state index < -0.39 is 0 Å². The Bertz CT molecular complexity index is 313. The van der Waals surface area contributed by atoms with Crippen molar-refractivity contribution in [3.8, 4) is 0 Å². The molecule has 92 valence electrons. The highest BCUT2D eigenvalue weighted by molar-refractivity contribution is 5.15. The summed E-state index contributed by atoms with van der Waals surface area (Å²) in [6.45, 7) is 14.0. The Labute approximate surface area is 99.2 Å². The lowest BCUT2D eigenvalue weighted by Crippen LogP contribution is -2.19. The van der Waals surface area contributed by atoms with Crippen LogP contribution in [0.2, 0.25) is 0 Å². The molecule has 1 heterocycles. The number of rotatable bonds is 6. The molecule has 0 unspecified atom stereocenters. The van der Waals surface area contributed by atoms with E-state index in [1.165, 1.54) is 11.3 Å². The highest BCUT2D eigenvalue weighted by Crippen LogP contribution is 2.09. The number of nitrogens with zero attached hydrogens (tertiary/aromatic N) is 2. The molecule has 0 saturated carbocycles. The Balaban J connectivity index is 2.51. The Kier molecular flexibility index (Phi) is 5.00. The molecule has 0 aromatic carbocycles. The first kappa shape index (κ1) is 13.2. The summed E-state index contributed by atoms with van der Waals surface area (Å²) in [5.74, 6) is 1.35. The molecule has 0 bridgehead atoms. The lowest BCUT2D eigenvalue weighted by molar-refractivity contribution is 0.473. The zero-order valence-corrected chi connectivity index (χ0v) is 11.2. The van der Waals surface area contributed by atoms with E-state index in [4.69, 9.17) is 0 Å². The fourth-order valence-corrected chi connectivity index (χ4v) is 1.68. The first-order valence-corrected chi connectivity index (χ1v) is 6.22. The summed E-state index contributed by atoms with van der Waals surface area (Å²) in [5, 5.41) is 7.89. The summed E-state index contributed by atoms with van der Waals surface area (Å²) in [7, 11) is 0. The fraction of sp³-hybridized carbons (Fsp3) is 0.769. The van der Waals surface area contributed by atoms with Gasteiger partial charge in [-0.3, -0.25) is 4.68 Å². The maximum absolute atomic E-state index is 4.43. The van der Waals surface area contributed by atoms with Gasteiger partial charge in [-0.05, 0) is 25.3 Å². The number of hydrogen-bond donors (Lipinski definition) is 1. The summed E-state index contributed by atoms with van der Waals surface area (Å²) < 4.78 is 2.11. The van der Waals surface area contributed by atoms with Crippen LogP contribution in [-0.2, 0) is 13.1 Å². The van der Waals surface area contributed by atoms with E-state index in [0.29, 0.717) is 11.8 Å². The van der Waals surface area contributed by atoms with Crippen molar-refractivity contribution in [1.29, 1.82) is 0 Å². The van der Waals surface area contributed by atoms with E-state index >= 15 is 0 Å². The summed E-state index contributed by atoms with van der Waals surface area (Å²) >= 11 is 0. The van der Waals surface area contributed by atoms with Crippen LogP contribution < -0.4 is 5.32 Å². The van der Waals surface area contributed by atoms with E-state index in [9.17, 15) is 0 Å². The predicted molar refractivity (Wildman–Crippen MR) is 68.3 cm³/mol. The fourth-order valence-electron chi connectivity index (χ4n) is 1.68. The first-order chi connectivity index (χ1) is 7.50. The molecule has 0 fully saturated rings. The third-order valence-electron chi connectivity index (χ3n) is 2.61. The van der Waals surface area contributed by atoms with Crippen LogP contribution in [0.4, 0.5) is 0 Å². The molecular weight excluding hydrogens is 198 g/mol. The molecule has 0 aliphatic carbocycles. The van der Waals surface area contributed by atoms with Crippen LogP contribution in [0.25, 0.3) is 0 Å². The molecule has 0 aliphatic heterocycles. The van der Waals surface area contributed by atoms with Gasteiger partial charge in [0, 0.05) is 24.3 Å². The van der Waals surface area contributed by atoms with E-state index in [2.05, 4.69) is 49.7 Å². The highest BCUT2D eigenvalue weighted by Gasteiger charge is 2.07. The molecule has 0 saturated heterocycles. The zero-order valence-electron chi connectivity index (χ0n) is 11.2. The molecule has 1 aromatic rings. The molecule has 1 N–H and O–H groups in total. The second-order valence-electron chi connectivity index (χ2n) is 5.36. The van der Waals surface area contributed by atoms with Crippen molar-refractivity contribution in [2.45, 2.75) is 47.7 Å². The Morgan fingerprint density at radius 3 is 2.50 bits per heavy atom. The minimum absolute atomic E-state index is 0.648. The quantitative estimate of drug-likeness (QED) is 0.803. The van der Waals surface area contributed by atoms with Crippen LogP contribution in [0, 0.1) is 18.8 Å². The summed E-state index contributed by atoms with van der Waals surface area (Å²) in [5.41, 5.74) is 2.62. The van der Waals surface area contributed by atoms with Gasteiger partial charge in [0.2, 0.25) is 0 Å². The standard InChI is InChI=1S/C13H25N3/c1-10(2)6-14-7-13-8-15-16(12(13)5)9-11(3)4/h8,10-11,14H,6-7,9H2,1-5H3. The monoisotopic (exact) mass is 223 g/mol. The van der Waals surface area contributed by atoms with E-state index in [0.717, 1.165) is 19.6 Å². The first-order valence-electron chi connectivity index (χ1n) is 6.22. The smallest absolute Gasteiger partial charge is 0.0537 e. The van der Waals surface area contributed by atoms with Gasteiger partial charge in [-0.25, -0.2) is 0 Å². The van der Waals surface area contributed by atoms with E-state index in [1.54, 1.807) is 0 Å².